The first kappa shape index (κ1) is 14.6. The lowest BCUT2D eigenvalue weighted by molar-refractivity contribution is -0.123. The molecule has 0 fully saturated rings. The molecule has 0 heterocycles. The molecule has 1 rings (SSSR count). The molecule has 1 aromatic rings. The first-order valence-electron chi connectivity index (χ1n) is 5.80. The predicted octanol–water partition coefficient (Wildman–Crippen LogP) is 1.62. The van der Waals surface area contributed by atoms with Crippen molar-refractivity contribution in [3.63, 3.8) is 0 Å². The van der Waals surface area contributed by atoms with E-state index in [1.807, 2.05) is 13.8 Å². The minimum absolute atomic E-state index is 0.0534. The molecule has 0 saturated carbocycles. The molecule has 0 bridgehead atoms. The number of nitrogens with one attached hydrogen (secondary N) is 2. The predicted molar refractivity (Wildman–Crippen MR) is 73.9 cm³/mol. The van der Waals surface area contributed by atoms with Gasteiger partial charge in [-0.1, -0.05) is 6.07 Å². The average Bonchev–Trinajstić information content (AvgIpc) is 2.27. The highest BCUT2D eigenvalue weighted by molar-refractivity contribution is 7.80. The summed E-state index contributed by atoms with van der Waals surface area (Å²) < 4.78 is 0. The van der Waals surface area contributed by atoms with E-state index in [2.05, 4.69) is 23.3 Å². The van der Waals surface area contributed by atoms with Gasteiger partial charge in [0.25, 0.3) is 5.91 Å². The molecule has 0 radical (unpaired) electrons. The Morgan fingerprint density at radius 2 is 1.83 bits per heavy atom. The van der Waals surface area contributed by atoms with E-state index in [0.717, 1.165) is 0 Å². The third kappa shape index (κ3) is 4.41. The van der Waals surface area contributed by atoms with Gasteiger partial charge in [0.1, 0.15) is 6.04 Å². The molecule has 0 aliphatic rings. The molecule has 18 heavy (non-hydrogen) atoms. The van der Waals surface area contributed by atoms with Crippen LogP contribution >= 0.6 is 12.6 Å². The van der Waals surface area contributed by atoms with Crippen LogP contribution in [-0.2, 0) is 4.79 Å². The van der Waals surface area contributed by atoms with Gasteiger partial charge in [-0.15, -0.1) is 12.6 Å². The summed E-state index contributed by atoms with van der Waals surface area (Å²) in [6.45, 7) is 5.40. The van der Waals surface area contributed by atoms with E-state index < -0.39 is 6.04 Å². The van der Waals surface area contributed by atoms with Crippen LogP contribution in [0.4, 0.5) is 0 Å². The van der Waals surface area contributed by atoms with Crippen molar-refractivity contribution in [1.82, 2.24) is 10.6 Å². The van der Waals surface area contributed by atoms with Gasteiger partial charge in [-0.25, -0.2) is 0 Å². The highest BCUT2D eigenvalue weighted by Crippen LogP contribution is 2.08. The summed E-state index contributed by atoms with van der Waals surface area (Å²) in [5.74, 6) is -0.474. The van der Waals surface area contributed by atoms with Crippen LogP contribution in [0.1, 0.15) is 31.1 Å². The molecule has 1 aromatic carbocycles. The minimum atomic E-state index is -0.566. The number of hydrogen-bond donors (Lipinski definition) is 3. The largest absolute Gasteiger partial charge is 0.352 e. The molecule has 0 aromatic heterocycles. The normalized spacial score (nSPS) is 12.1. The van der Waals surface area contributed by atoms with Gasteiger partial charge >= 0.3 is 0 Å². The van der Waals surface area contributed by atoms with Crippen molar-refractivity contribution in [2.75, 3.05) is 0 Å². The van der Waals surface area contributed by atoms with Gasteiger partial charge in [0, 0.05) is 16.5 Å². The first-order chi connectivity index (χ1) is 8.40. The van der Waals surface area contributed by atoms with Gasteiger partial charge in [-0.3, -0.25) is 9.59 Å². The van der Waals surface area contributed by atoms with E-state index in [4.69, 9.17) is 0 Å². The van der Waals surface area contributed by atoms with Crippen LogP contribution in [-0.4, -0.2) is 23.9 Å². The van der Waals surface area contributed by atoms with Gasteiger partial charge in [-0.2, -0.15) is 0 Å². The molecule has 1 unspecified atom stereocenters. The smallest absolute Gasteiger partial charge is 0.251 e. The Kier molecular flexibility index (Phi) is 5.22. The highest BCUT2D eigenvalue weighted by atomic mass is 32.1. The summed E-state index contributed by atoms with van der Waals surface area (Å²) >= 11 is 4.17. The number of amides is 2. The molecule has 4 nitrogen and oxygen atoms in total. The van der Waals surface area contributed by atoms with Crippen LogP contribution in [0.2, 0.25) is 0 Å². The molecule has 98 valence electrons. The Morgan fingerprint density at radius 3 is 2.39 bits per heavy atom. The topological polar surface area (TPSA) is 58.2 Å². The maximum absolute atomic E-state index is 11.9. The molecule has 0 spiro atoms. The number of thiol groups is 1. The second kappa shape index (κ2) is 6.44. The van der Waals surface area contributed by atoms with Crippen molar-refractivity contribution in [3.05, 3.63) is 29.8 Å². The molecule has 2 amide bonds. The summed E-state index contributed by atoms with van der Waals surface area (Å²) in [6, 6.07) is 6.36. The molecule has 1 atom stereocenters. The molecular weight excluding hydrogens is 248 g/mol. The first-order valence-corrected chi connectivity index (χ1v) is 6.25. The fraction of sp³-hybridized carbons (Fsp3) is 0.385. The molecule has 2 N–H and O–H groups in total. The highest BCUT2D eigenvalue weighted by Gasteiger charge is 2.16. The number of rotatable bonds is 4. The third-order valence-corrected chi connectivity index (χ3v) is 2.56. The fourth-order valence-corrected chi connectivity index (χ4v) is 1.63. The third-order valence-electron chi connectivity index (χ3n) is 2.28. The monoisotopic (exact) mass is 266 g/mol. The maximum Gasteiger partial charge on any atom is 0.251 e. The second-order valence-corrected chi connectivity index (χ2v) is 4.93. The summed E-state index contributed by atoms with van der Waals surface area (Å²) in [5, 5.41) is 5.39. The van der Waals surface area contributed by atoms with Crippen molar-refractivity contribution < 1.29 is 9.59 Å². The Hall–Kier alpha value is -1.49. The Labute approximate surface area is 113 Å². The van der Waals surface area contributed by atoms with Crippen molar-refractivity contribution >= 4 is 24.4 Å². The van der Waals surface area contributed by atoms with Gasteiger partial charge in [0.15, 0.2) is 0 Å². The SMILES string of the molecule is CC(C)NC(=O)C(C)NC(=O)c1cccc(S)c1. The number of carbonyl (C=O) groups excluding carboxylic acids is 2. The summed E-state index contributed by atoms with van der Waals surface area (Å²) in [7, 11) is 0. The van der Waals surface area contributed by atoms with Crippen LogP contribution in [0.5, 0.6) is 0 Å². The van der Waals surface area contributed by atoms with Crippen molar-refractivity contribution in [2.45, 2.75) is 37.8 Å². The number of carbonyl (C=O) groups is 2. The molecule has 0 aliphatic heterocycles. The van der Waals surface area contributed by atoms with E-state index in [1.54, 1.807) is 31.2 Å². The summed E-state index contributed by atoms with van der Waals surface area (Å²) in [6.07, 6.45) is 0. The second-order valence-electron chi connectivity index (χ2n) is 4.41. The van der Waals surface area contributed by atoms with E-state index >= 15 is 0 Å². The minimum Gasteiger partial charge on any atom is -0.352 e. The summed E-state index contributed by atoms with van der Waals surface area (Å²) in [5.41, 5.74) is 0.492. The molecule has 0 saturated heterocycles. The van der Waals surface area contributed by atoms with Crippen LogP contribution in [0.15, 0.2) is 29.2 Å². The van der Waals surface area contributed by atoms with E-state index in [9.17, 15) is 9.59 Å². The summed E-state index contributed by atoms with van der Waals surface area (Å²) in [4.78, 5) is 24.2. The Morgan fingerprint density at radius 1 is 1.17 bits per heavy atom. The zero-order valence-corrected chi connectivity index (χ0v) is 11.6. The zero-order chi connectivity index (χ0) is 13.7. The van der Waals surface area contributed by atoms with Gasteiger partial charge in [0.05, 0.1) is 0 Å². The quantitative estimate of drug-likeness (QED) is 0.725. The van der Waals surface area contributed by atoms with Gasteiger partial charge < -0.3 is 10.6 Å². The Balaban J connectivity index is 2.62. The lowest BCUT2D eigenvalue weighted by Gasteiger charge is -2.16. The van der Waals surface area contributed by atoms with Crippen LogP contribution in [0, 0.1) is 0 Å². The van der Waals surface area contributed by atoms with E-state index in [1.165, 1.54) is 0 Å². The van der Waals surface area contributed by atoms with Gasteiger partial charge in [0.2, 0.25) is 5.91 Å². The maximum atomic E-state index is 11.9. The standard InChI is InChI=1S/C13H18N2O2S/c1-8(2)14-12(16)9(3)15-13(17)10-5-4-6-11(18)7-10/h4-9,18H,1-3H3,(H,14,16)(H,15,17). The number of benzene rings is 1. The molecular formula is C13H18N2O2S. The number of hydrogen-bond acceptors (Lipinski definition) is 3. The van der Waals surface area contributed by atoms with Crippen molar-refractivity contribution in [2.24, 2.45) is 0 Å². The van der Waals surface area contributed by atoms with Crippen LogP contribution in [0.3, 0.4) is 0 Å². The zero-order valence-electron chi connectivity index (χ0n) is 10.7. The van der Waals surface area contributed by atoms with Crippen molar-refractivity contribution in [1.29, 1.82) is 0 Å². The van der Waals surface area contributed by atoms with Gasteiger partial charge in [-0.05, 0) is 39.0 Å². The fourth-order valence-electron chi connectivity index (χ4n) is 1.40. The van der Waals surface area contributed by atoms with E-state index in [0.29, 0.717) is 10.5 Å². The average molecular weight is 266 g/mol. The van der Waals surface area contributed by atoms with E-state index in [-0.39, 0.29) is 17.9 Å². The molecule has 0 aliphatic carbocycles. The Bertz CT molecular complexity index is 446. The van der Waals surface area contributed by atoms with Crippen LogP contribution in [0.25, 0.3) is 0 Å². The molecule has 5 heteroatoms. The van der Waals surface area contributed by atoms with Crippen molar-refractivity contribution in [3.8, 4) is 0 Å². The lowest BCUT2D eigenvalue weighted by atomic mass is 10.2. The van der Waals surface area contributed by atoms with Crippen LogP contribution < -0.4 is 10.6 Å². The lowest BCUT2D eigenvalue weighted by Crippen LogP contribution is -2.46.